The molecule has 0 fully saturated rings. The summed E-state index contributed by atoms with van der Waals surface area (Å²) in [7, 11) is 0. The van der Waals surface area contributed by atoms with Gasteiger partial charge in [0, 0.05) is 12.0 Å². The predicted molar refractivity (Wildman–Crippen MR) is 57.8 cm³/mol. The van der Waals surface area contributed by atoms with Crippen LogP contribution >= 0.6 is 0 Å². The normalized spacial score (nSPS) is 14.5. The first kappa shape index (κ1) is 9.92. The average molecular weight is 199 g/mol. The Hall–Kier alpha value is -1.62. The Balaban J connectivity index is 2.64. The van der Waals surface area contributed by atoms with Gasteiger partial charge in [0.15, 0.2) is 5.78 Å². The van der Waals surface area contributed by atoms with E-state index in [1.54, 1.807) is 0 Å². The van der Waals surface area contributed by atoms with E-state index in [-0.39, 0.29) is 5.78 Å². The Morgan fingerprint density at radius 2 is 2.20 bits per heavy atom. The van der Waals surface area contributed by atoms with Crippen LogP contribution in [0.5, 0.6) is 0 Å². The molecule has 0 unspecified atom stereocenters. The van der Waals surface area contributed by atoms with E-state index < -0.39 is 0 Å². The Labute approximate surface area is 89.5 Å². The van der Waals surface area contributed by atoms with Crippen molar-refractivity contribution in [3.63, 3.8) is 0 Å². The van der Waals surface area contributed by atoms with Crippen molar-refractivity contribution >= 4 is 5.78 Å². The lowest BCUT2D eigenvalue weighted by Gasteiger charge is -2.18. The molecule has 0 saturated carbocycles. The largest absolute Gasteiger partial charge is 0.294 e. The summed E-state index contributed by atoms with van der Waals surface area (Å²) < 4.78 is 0. The van der Waals surface area contributed by atoms with Crippen LogP contribution in [0, 0.1) is 11.3 Å². The van der Waals surface area contributed by atoms with Crippen LogP contribution in [-0.4, -0.2) is 5.78 Å². The van der Waals surface area contributed by atoms with Crippen molar-refractivity contribution in [2.75, 3.05) is 0 Å². The Kier molecular flexibility index (Phi) is 2.55. The first-order chi connectivity index (χ1) is 7.26. The van der Waals surface area contributed by atoms with Crippen LogP contribution in [-0.2, 0) is 12.8 Å². The molecule has 0 N–H and O–H groups in total. The lowest BCUT2D eigenvalue weighted by molar-refractivity contribution is 0.0971. The molecule has 2 heteroatoms. The van der Waals surface area contributed by atoms with Crippen LogP contribution in [0.1, 0.15) is 46.8 Å². The van der Waals surface area contributed by atoms with E-state index in [9.17, 15) is 4.79 Å². The second-order valence-electron chi connectivity index (χ2n) is 3.91. The molecule has 0 bridgehead atoms. The van der Waals surface area contributed by atoms with Crippen LogP contribution in [0.3, 0.4) is 0 Å². The number of carbonyl (C=O) groups is 1. The van der Waals surface area contributed by atoms with Crippen LogP contribution in [0.4, 0.5) is 0 Å². The summed E-state index contributed by atoms with van der Waals surface area (Å²) in [6, 6.07) is 5.87. The highest BCUT2D eigenvalue weighted by atomic mass is 16.1. The number of hydrogen-bond acceptors (Lipinski definition) is 2. The maximum atomic E-state index is 11.8. The molecule has 0 heterocycles. The number of nitriles is 1. The summed E-state index contributed by atoms with van der Waals surface area (Å²) in [5.74, 6) is 0.248. The molecular weight excluding hydrogens is 186 g/mol. The molecule has 0 spiro atoms. The monoisotopic (exact) mass is 199 g/mol. The van der Waals surface area contributed by atoms with Gasteiger partial charge in [0.1, 0.15) is 0 Å². The van der Waals surface area contributed by atoms with Gasteiger partial charge in [-0.05, 0) is 42.5 Å². The number of rotatable bonds is 1. The van der Waals surface area contributed by atoms with E-state index in [1.165, 1.54) is 0 Å². The number of carbonyl (C=O) groups excluding carboxylic acids is 1. The number of nitrogens with zero attached hydrogens (tertiary/aromatic N) is 1. The number of benzene rings is 1. The fraction of sp³-hybridized carbons (Fsp3) is 0.385. The highest BCUT2D eigenvalue weighted by Gasteiger charge is 2.20. The predicted octanol–water partition coefficient (Wildman–Crippen LogP) is 2.64. The van der Waals surface area contributed by atoms with E-state index in [0.29, 0.717) is 12.0 Å². The zero-order chi connectivity index (χ0) is 10.8. The van der Waals surface area contributed by atoms with Crippen molar-refractivity contribution in [1.82, 2.24) is 0 Å². The quantitative estimate of drug-likeness (QED) is 0.697. The lowest BCUT2D eigenvalue weighted by Crippen LogP contribution is -2.14. The third-order valence-electron chi connectivity index (χ3n) is 2.94. The molecule has 1 aromatic rings. The highest BCUT2D eigenvalue weighted by Crippen LogP contribution is 2.26. The molecule has 76 valence electrons. The second-order valence-corrected chi connectivity index (χ2v) is 3.91. The molecule has 1 aliphatic carbocycles. The summed E-state index contributed by atoms with van der Waals surface area (Å²) >= 11 is 0. The van der Waals surface area contributed by atoms with Crippen molar-refractivity contribution < 1.29 is 4.79 Å². The minimum Gasteiger partial charge on any atom is -0.294 e. The van der Waals surface area contributed by atoms with Crippen LogP contribution in [0.25, 0.3) is 0 Å². The number of hydrogen-bond donors (Lipinski definition) is 0. The summed E-state index contributed by atoms with van der Waals surface area (Å²) in [5.41, 5.74) is 3.68. The summed E-state index contributed by atoms with van der Waals surface area (Å²) in [5, 5.41) is 8.89. The molecule has 15 heavy (non-hydrogen) atoms. The standard InChI is InChI=1S/C13H13NO/c1-2-10-6-9(8-14)7-11-4-3-5-12(15)13(10)11/h6-7H,2-5H2,1H3. The van der Waals surface area contributed by atoms with Gasteiger partial charge in [-0.2, -0.15) is 5.26 Å². The average Bonchev–Trinajstić information content (AvgIpc) is 2.27. The Morgan fingerprint density at radius 3 is 2.87 bits per heavy atom. The molecule has 0 aromatic heterocycles. The van der Waals surface area contributed by atoms with Crippen LogP contribution in [0.2, 0.25) is 0 Å². The number of fused-ring (bicyclic) bond motifs is 1. The molecule has 0 saturated heterocycles. The van der Waals surface area contributed by atoms with Gasteiger partial charge in [0.05, 0.1) is 11.6 Å². The smallest absolute Gasteiger partial charge is 0.163 e. The summed E-state index contributed by atoms with van der Waals surface area (Å²) in [4.78, 5) is 11.8. The number of ketones is 1. The SMILES string of the molecule is CCc1cc(C#N)cc2c1C(=O)CCC2. The molecule has 1 aliphatic rings. The van der Waals surface area contributed by atoms with E-state index >= 15 is 0 Å². The van der Waals surface area contributed by atoms with E-state index in [1.807, 2.05) is 19.1 Å². The van der Waals surface area contributed by atoms with E-state index in [4.69, 9.17) is 5.26 Å². The number of aryl methyl sites for hydroxylation is 2. The topological polar surface area (TPSA) is 40.9 Å². The third-order valence-corrected chi connectivity index (χ3v) is 2.94. The van der Waals surface area contributed by atoms with Gasteiger partial charge in [-0.3, -0.25) is 4.79 Å². The minimum atomic E-state index is 0.248. The molecular formula is C13H13NO. The lowest BCUT2D eigenvalue weighted by atomic mass is 9.85. The molecule has 0 aliphatic heterocycles. The van der Waals surface area contributed by atoms with Gasteiger partial charge < -0.3 is 0 Å². The fourth-order valence-electron chi connectivity index (χ4n) is 2.23. The molecule has 2 nitrogen and oxygen atoms in total. The number of Topliss-reactive ketones (excluding diaryl/α,β-unsaturated/α-hetero) is 1. The highest BCUT2D eigenvalue weighted by molar-refractivity contribution is 6.00. The van der Waals surface area contributed by atoms with E-state index in [2.05, 4.69) is 6.07 Å². The first-order valence-electron chi connectivity index (χ1n) is 5.35. The Morgan fingerprint density at radius 1 is 1.40 bits per heavy atom. The van der Waals surface area contributed by atoms with Gasteiger partial charge in [-0.15, -0.1) is 0 Å². The molecule has 0 radical (unpaired) electrons. The maximum Gasteiger partial charge on any atom is 0.163 e. The second kappa shape index (κ2) is 3.86. The van der Waals surface area contributed by atoms with Gasteiger partial charge in [-0.1, -0.05) is 6.92 Å². The van der Waals surface area contributed by atoms with Gasteiger partial charge >= 0.3 is 0 Å². The van der Waals surface area contributed by atoms with Crippen molar-refractivity contribution in [1.29, 1.82) is 5.26 Å². The molecule has 1 aromatic carbocycles. The maximum absolute atomic E-state index is 11.8. The van der Waals surface area contributed by atoms with Crippen molar-refractivity contribution in [3.05, 3.63) is 34.4 Å². The van der Waals surface area contributed by atoms with Crippen molar-refractivity contribution in [2.24, 2.45) is 0 Å². The van der Waals surface area contributed by atoms with Gasteiger partial charge in [-0.25, -0.2) is 0 Å². The van der Waals surface area contributed by atoms with Crippen molar-refractivity contribution in [3.8, 4) is 6.07 Å². The zero-order valence-electron chi connectivity index (χ0n) is 8.84. The van der Waals surface area contributed by atoms with Gasteiger partial charge in [0.2, 0.25) is 0 Å². The van der Waals surface area contributed by atoms with Crippen LogP contribution in [0.15, 0.2) is 12.1 Å². The van der Waals surface area contributed by atoms with E-state index in [0.717, 1.165) is 36.0 Å². The minimum absolute atomic E-state index is 0.248. The molecule has 0 atom stereocenters. The first-order valence-corrected chi connectivity index (χ1v) is 5.35. The Bertz CT molecular complexity index is 437. The fourth-order valence-corrected chi connectivity index (χ4v) is 2.23. The summed E-state index contributed by atoms with van der Waals surface area (Å²) in [6.45, 7) is 2.03. The zero-order valence-corrected chi connectivity index (χ0v) is 8.84. The van der Waals surface area contributed by atoms with Crippen molar-refractivity contribution in [2.45, 2.75) is 32.6 Å². The van der Waals surface area contributed by atoms with Gasteiger partial charge in [0.25, 0.3) is 0 Å². The summed E-state index contributed by atoms with van der Waals surface area (Å²) in [6.07, 6.45) is 3.34. The molecule has 0 amide bonds. The third kappa shape index (κ3) is 1.66. The van der Waals surface area contributed by atoms with Crippen LogP contribution < -0.4 is 0 Å². The molecule has 2 rings (SSSR count).